The number of esters is 1. The molecule has 1 aliphatic carbocycles. The van der Waals surface area contributed by atoms with Crippen LogP contribution in [-0.4, -0.2) is 23.7 Å². The van der Waals surface area contributed by atoms with Crippen LogP contribution in [0.3, 0.4) is 0 Å². The van der Waals surface area contributed by atoms with Crippen molar-refractivity contribution in [2.75, 3.05) is 6.61 Å². The van der Waals surface area contributed by atoms with E-state index >= 15 is 0 Å². The van der Waals surface area contributed by atoms with E-state index in [1.807, 2.05) is 6.08 Å². The van der Waals surface area contributed by atoms with Crippen molar-refractivity contribution in [1.29, 1.82) is 0 Å². The zero-order valence-corrected chi connectivity index (χ0v) is 21.3. The normalized spacial score (nSPS) is 18.5. The molecule has 0 aliphatic heterocycles. The van der Waals surface area contributed by atoms with Crippen molar-refractivity contribution in [2.45, 2.75) is 103 Å². The molecule has 4 nitrogen and oxygen atoms in total. The number of carbonyl (C=O) groups excluding carboxylic acids is 1. The first kappa shape index (κ1) is 27.9. The Morgan fingerprint density at radius 2 is 1.68 bits per heavy atom. The van der Waals surface area contributed by atoms with Gasteiger partial charge < -0.3 is 9.84 Å². The summed E-state index contributed by atoms with van der Waals surface area (Å²) in [4.78, 5) is 23.1. The van der Waals surface area contributed by atoms with E-state index in [4.69, 9.17) is 4.74 Å². The smallest absolute Gasteiger partial charge is 0.333 e. The zero-order valence-electron chi connectivity index (χ0n) is 21.3. The molecule has 34 heavy (non-hydrogen) atoms. The predicted octanol–water partition coefficient (Wildman–Crippen LogP) is 8.08. The zero-order chi connectivity index (χ0) is 24.8. The molecule has 0 bridgehead atoms. The second kappa shape index (κ2) is 15.5. The fraction of sp³-hybridized carbons (Fsp3) is 0.600. The molecule has 0 spiro atoms. The number of hydrogen-bond acceptors (Lipinski definition) is 3. The van der Waals surface area contributed by atoms with Crippen molar-refractivity contribution in [3.63, 3.8) is 0 Å². The molecule has 1 N–H and O–H groups in total. The van der Waals surface area contributed by atoms with E-state index < -0.39 is 5.97 Å². The van der Waals surface area contributed by atoms with Crippen LogP contribution in [0.1, 0.15) is 114 Å². The van der Waals surface area contributed by atoms with E-state index in [0.717, 1.165) is 37.2 Å². The summed E-state index contributed by atoms with van der Waals surface area (Å²) >= 11 is 0. The summed E-state index contributed by atoms with van der Waals surface area (Å²) in [7, 11) is 0. The van der Waals surface area contributed by atoms with Gasteiger partial charge >= 0.3 is 11.9 Å². The van der Waals surface area contributed by atoms with Crippen LogP contribution in [-0.2, 0) is 14.3 Å². The third-order valence-electron chi connectivity index (χ3n) is 7.01. The number of aliphatic carboxylic acids is 1. The minimum absolute atomic E-state index is 0.350. The molecule has 0 heterocycles. The van der Waals surface area contributed by atoms with Crippen LogP contribution in [0.15, 0.2) is 42.0 Å². The maximum atomic E-state index is 11.7. The van der Waals surface area contributed by atoms with Crippen LogP contribution >= 0.6 is 0 Å². The molecule has 0 saturated heterocycles. The molecule has 0 aromatic heterocycles. The Morgan fingerprint density at radius 3 is 2.29 bits per heavy atom. The molecule has 2 rings (SSSR count). The monoisotopic (exact) mass is 468 g/mol. The Labute approximate surface area is 206 Å². The van der Waals surface area contributed by atoms with Gasteiger partial charge in [0.15, 0.2) is 0 Å². The molecule has 4 heteroatoms. The van der Waals surface area contributed by atoms with Crippen LogP contribution < -0.4 is 0 Å². The molecule has 188 valence electrons. The number of rotatable bonds is 15. The van der Waals surface area contributed by atoms with Crippen molar-refractivity contribution >= 4 is 18.0 Å². The highest BCUT2D eigenvalue weighted by Gasteiger charge is 2.22. The number of carbonyl (C=O) groups is 2. The molecule has 0 atom stereocenters. The number of ether oxygens (including phenoxy) is 1. The summed E-state index contributed by atoms with van der Waals surface area (Å²) in [5.41, 5.74) is 3.22. The lowest BCUT2D eigenvalue weighted by molar-refractivity contribution is -0.139. The van der Waals surface area contributed by atoms with Gasteiger partial charge in [0.05, 0.1) is 6.61 Å². The van der Waals surface area contributed by atoms with Crippen molar-refractivity contribution in [3.8, 4) is 0 Å². The molecule has 1 fully saturated rings. The van der Waals surface area contributed by atoms with Gasteiger partial charge in [0, 0.05) is 11.1 Å². The predicted molar refractivity (Wildman–Crippen MR) is 140 cm³/mol. The maximum absolute atomic E-state index is 11.7. The fourth-order valence-electron chi connectivity index (χ4n) is 4.83. The lowest BCUT2D eigenvalue weighted by atomic mass is 9.77. The summed E-state index contributed by atoms with van der Waals surface area (Å²) in [6, 6.07) is 8.53. The summed E-state index contributed by atoms with van der Waals surface area (Å²) in [5.74, 6) is 0.363. The minimum Gasteiger partial charge on any atom is -0.478 e. The Bertz CT molecular complexity index is 798. The summed E-state index contributed by atoms with van der Waals surface area (Å²) < 4.78 is 5.08. The molecule has 1 aromatic carbocycles. The lowest BCUT2D eigenvalue weighted by Crippen LogP contribution is -2.13. The van der Waals surface area contributed by atoms with Crippen LogP contribution in [0.2, 0.25) is 0 Å². The highest BCUT2D eigenvalue weighted by molar-refractivity contribution is 5.92. The summed E-state index contributed by atoms with van der Waals surface area (Å²) in [6.07, 6.45) is 16.4. The van der Waals surface area contributed by atoms with Gasteiger partial charge in [-0.2, -0.15) is 0 Å². The summed E-state index contributed by atoms with van der Waals surface area (Å²) in [5, 5.41) is 9.61. The van der Waals surface area contributed by atoms with E-state index in [-0.39, 0.29) is 5.97 Å². The Kier molecular flexibility index (Phi) is 12.7. The average Bonchev–Trinajstić information content (AvgIpc) is 2.83. The van der Waals surface area contributed by atoms with Gasteiger partial charge in [-0.05, 0) is 80.9 Å². The van der Waals surface area contributed by atoms with Gasteiger partial charge in [-0.3, -0.25) is 0 Å². The van der Waals surface area contributed by atoms with Gasteiger partial charge in [0.25, 0.3) is 0 Å². The van der Waals surface area contributed by atoms with Gasteiger partial charge in [-0.15, -0.1) is 0 Å². The second-order valence-corrected chi connectivity index (χ2v) is 9.94. The van der Waals surface area contributed by atoms with Crippen molar-refractivity contribution in [2.24, 2.45) is 5.92 Å². The van der Waals surface area contributed by atoms with Crippen molar-refractivity contribution in [3.05, 3.63) is 53.1 Å². The highest BCUT2D eigenvalue weighted by Crippen LogP contribution is 2.37. The Balaban J connectivity index is 1.75. The number of carboxylic acid groups (broad SMARTS) is 1. The number of benzene rings is 1. The number of unbranched alkanes of at least 4 members (excludes halogenated alkanes) is 5. The quantitative estimate of drug-likeness (QED) is 0.160. The van der Waals surface area contributed by atoms with Crippen LogP contribution in [0.5, 0.6) is 0 Å². The first-order chi connectivity index (χ1) is 16.4. The van der Waals surface area contributed by atoms with Gasteiger partial charge in [-0.25, -0.2) is 9.59 Å². The van der Waals surface area contributed by atoms with E-state index in [2.05, 4.69) is 37.8 Å². The molecule has 0 unspecified atom stereocenters. The molecular weight excluding hydrogens is 424 g/mol. The van der Waals surface area contributed by atoms with Crippen LogP contribution in [0.25, 0.3) is 6.08 Å². The topological polar surface area (TPSA) is 63.6 Å². The van der Waals surface area contributed by atoms with Crippen LogP contribution in [0, 0.1) is 5.92 Å². The average molecular weight is 469 g/mol. The van der Waals surface area contributed by atoms with Crippen LogP contribution in [0.4, 0.5) is 0 Å². The standard InChI is InChI=1S/C30H44O4/c1-4-5-8-11-24-13-17-26(18-14-24)27-19-15-25(16-20-27)22-28(29(31)32)12-9-6-7-10-21-34-30(33)23(2)3/h15-16,19-20,22,24,26H,2,4-14,17-18,21H2,1,3H3,(H,31,32)/t24-,26-. The third-order valence-corrected chi connectivity index (χ3v) is 7.01. The van der Waals surface area contributed by atoms with Crippen molar-refractivity contribution < 1.29 is 19.4 Å². The van der Waals surface area contributed by atoms with E-state index in [1.54, 1.807) is 6.92 Å². The number of hydrogen-bond donors (Lipinski definition) is 1. The highest BCUT2D eigenvalue weighted by atomic mass is 16.5. The molecule has 0 radical (unpaired) electrons. The van der Waals surface area contributed by atoms with Crippen molar-refractivity contribution in [1.82, 2.24) is 0 Å². The van der Waals surface area contributed by atoms with Gasteiger partial charge in [0.2, 0.25) is 0 Å². The Morgan fingerprint density at radius 1 is 1.00 bits per heavy atom. The molecular formula is C30H44O4. The molecule has 0 amide bonds. The Hall–Kier alpha value is -2.36. The summed E-state index contributed by atoms with van der Waals surface area (Å²) in [6.45, 7) is 7.85. The fourth-order valence-corrected chi connectivity index (χ4v) is 4.83. The largest absolute Gasteiger partial charge is 0.478 e. The minimum atomic E-state index is -0.846. The maximum Gasteiger partial charge on any atom is 0.333 e. The van der Waals surface area contributed by atoms with E-state index in [0.29, 0.717) is 30.1 Å². The lowest BCUT2D eigenvalue weighted by Gasteiger charge is -2.29. The third kappa shape index (κ3) is 10.3. The number of carboxylic acids is 1. The van der Waals surface area contributed by atoms with Gasteiger partial charge in [-0.1, -0.05) is 76.3 Å². The second-order valence-electron chi connectivity index (χ2n) is 9.94. The van der Waals surface area contributed by atoms with Gasteiger partial charge in [0.1, 0.15) is 0 Å². The first-order valence-electron chi connectivity index (χ1n) is 13.3. The molecule has 1 aromatic rings. The molecule has 1 saturated carbocycles. The SMILES string of the molecule is C=C(C)C(=O)OCCCCCCC(=Cc1ccc([C@H]2CC[C@H](CCCCC)CC2)cc1)C(=O)O. The molecule has 1 aliphatic rings. The first-order valence-corrected chi connectivity index (χ1v) is 13.3. The van der Waals surface area contributed by atoms with E-state index in [9.17, 15) is 14.7 Å². The van der Waals surface area contributed by atoms with E-state index in [1.165, 1.54) is 56.9 Å².